The minimum atomic E-state index is -0.175. The number of nitrogens with zero attached hydrogens (tertiary/aromatic N) is 1. The summed E-state index contributed by atoms with van der Waals surface area (Å²) in [6, 6.07) is 5.62. The molecule has 0 saturated carbocycles. The molecule has 1 aliphatic rings. The van der Waals surface area contributed by atoms with Crippen LogP contribution in [0.2, 0.25) is 0 Å². The summed E-state index contributed by atoms with van der Waals surface area (Å²) in [5, 5.41) is 3.44. The molecule has 2 atom stereocenters. The van der Waals surface area contributed by atoms with Crippen LogP contribution in [0.1, 0.15) is 25.8 Å². The molecule has 1 aromatic rings. The standard InChI is InChI=1S/C16H25FN2O/c1-4-12(2)16-10-18-7-8-19(16)11-13-5-6-14(20-3)9-15(13)17/h5-6,9,12,16,18H,4,7-8,10-11H2,1-3H3. The summed E-state index contributed by atoms with van der Waals surface area (Å²) in [6.07, 6.45) is 1.15. The number of hydrogen-bond acceptors (Lipinski definition) is 3. The molecule has 0 amide bonds. The number of hydrogen-bond donors (Lipinski definition) is 1. The Morgan fingerprint density at radius 2 is 2.30 bits per heavy atom. The van der Waals surface area contributed by atoms with E-state index in [9.17, 15) is 4.39 Å². The van der Waals surface area contributed by atoms with Crippen molar-refractivity contribution >= 4 is 0 Å². The Morgan fingerprint density at radius 3 is 2.95 bits per heavy atom. The van der Waals surface area contributed by atoms with Crippen molar-refractivity contribution in [1.29, 1.82) is 0 Å². The molecular weight excluding hydrogens is 255 g/mol. The van der Waals surface area contributed by atoms with Gasteiger partial charge in [-0.1, -0.05) is 26.3 Å². The van der Waals surface area contributed by atoms with Gasteiger partial charge in [0.25, 0.3) is 0 Å². The molecule has 1 aliphatic heterocycles. The van der Waals surface area contributed by atoms with Gasteiger partial charge in [0.2, 0.25) is 0 Å². The van der Waals surface area contributed by atoms with Crippen LogP contribution in [0.15, 0.2) is 18.2 Å². The Morgan fingerprint density at radius 1 is 1.50 bits per heavy atom. The van der Waals surface area contributed by atoms with Crippen LogP contribution in [-0.2, 0) is 6.54 Å². The van der Waals surface area contributed by atoms with Crippen LogP contribution >= 0.6 is 0 Å². The number of piperazine rings is 1. The van der Waals surface area contributed by atoms with Crippen molar-refractivity contribution in [1.82, 2.24) is 10.2 Å². The largest absolute Gasteiger partial charge is 0.497 e. The monoisotopic (exact) mass is 280 g/mol. The van der Waals surface area contributed by atoms with Crippen LogP contribution in [-0.4, -0.2) is 37.7 Å². The highest BCUT2D eigenvalue weighted by molar-refractivity contribution is 5.29. The fourth-order valence-corrected chi connectivity index (χ4v) is 2.80. The molecule has 4 heteroatoms. The summed E-state index contributed by atoms with van der Waals surface area (Å²) in [4.78, 5) is 2.40. The van der Waals surface area contributed by atoms with E-state index in [-0.39, 0.29) is 5.82 Å². The maximum atomic E-state index is 14.1. The van der Waals surface area contributed by atoms with Crippen LogP contribution in [0.5, 0.6) is 5.75 Å². The molecule has 2 unspecified atom stereocenters. The molecule has 1 aromatic carbocycles. The van der Waals surface area contributed by atoms with Gasteiger partial charge in [-0.3, -0.25) is 4.90 Å². The minimum Gasteiger partial charge on any atom is -0.497 e. The number of benzene rings is 1. The van der Waals surface area contributed by atoms with E-state index in [1.165, 1.54) is 6.07 Å². The van der Waals surface area contributed by atoms with E-state index in [4.69, 9.17) is 4.74 Å². The minimum absolute atomic E-state index is 0.175. The molecule has 1 heterocycles. The fourth-order valence-electron chi connectivity index (χ4n) is 2.80. The van der Waals surface area contributed by atoms with Gasteiger partial charge < -0.3 is 10.1 Å². The molecule has 112 valence electrons. The molecule has 1 fully saturated rings. The molecule has 0 radical (unpaired) electrons. The fraction of sp³-hybridized carbons (Fsp3) is 0.625. The van der Waals surface area contributed by atoms with Gasteiger partial charge in [0, 0.05) is 43.9 Å². The topological polar surface area (TPSA) is 24.5 Å². The molecule has 0 bridgehead atoms. The lowest BCUT2D eigenvalue weighted by Crippen LogP contribution is -2.53. The second-order valence-corrected chi connectivity index (χ2v) is 5.58. The third-order valence-electron chi connectivity index (χ3n) is 4.33. The Bertz CT molecular complexity index is 438. The zero-order valence-electron chi connectivity index (χ0n) is 12.7. The molecule has 1 N–H and O–H groups in total. The van der Waals surface area contributed by atoms with Crippen LogP contribution in [0.25, 0.3) is 0 Å². The van der Waals surface area contributed by atoms with Crippen molar-refractivity contribution in [2.45, 2.75) is 32.9 Å². The third-order valence-corrected chi connectivity index (χ3v) is 4.33. The molecule has 3 nitrogen and oxygen atoms in total. The molecule has 1 saturated heterocycles. The van der Waals surface area contributed by atoms with Crippen molar-refractivity contribution in [2.75, 3.05) is 26.7 Å². The molecule has 0 aromatic heterocycles. The maximum Gasteiger partial charge on any atom is 0.131 e. The first-order chi connectivity index (χ1) is 9.65. The van der Waals surface area contributed by atoms with E-state index < -0.39 is 0 Å². The number of nitrogens with one attached hydrogen (secondary N) is 1. The number of ether oxygens (including phenoxy) is 1. The van der Waals surface area contributed by atoms with Crippen LogP contribution in [0.4, 0.5) is 4.39 Å². The van der Waals surface area contributed by atoms with E-state index in [1.54, 1.807) is 7.11 Å². The van der Waals surface area contributed by atoms with Crippen molar-refractivity contribution < 1.29 is 9.13 Å². The summed E-state index contributed by atoms with van der Waals surface area (Å²) in [5.41, 5.74) is 0.751. The highest BCUT2D eigenvalue weighted by atomic mass is 19.1. The van der Waals surface area contributed by atoms with E-state index in [0.717, 1.165) is 31.6 Å². The van der Waals surface area contributed by atoms with Gasteiger partial charge in [0.05, 0.1) is 7.11 Å². The summed E-state index contributed by atoms with van der Waals surface area (Å²) < 4.78 is 19.1. The Kier molecular flexibility index (Phi) is 5.38. The van der Waals surface area contributed by atoms with E-state index in [2.05, 4.69) is 24.1 Å². The molecule has 0 spiro atoms. The smallest absolute Gasteiger partial charge is 0.131 e. The van der Waals surface area contributed by atoms with E-state index in [0.29, 0.717) is 24.3 Å². The second kappa shape index (κ2) is 7.04. The van der Waals surface area contributed by atoms with Crippen LogP contribution in [0.3, 0.4) is 0 Å². The molecule has 0 aliphatic carbocycles. The third kappa shape index (κ3) is 3.49. The Hall–Kier alpha value is -1.13. The summed E-state index contributed by atoms with van der Waals surface area (Å²) >= 11 is 0. The van der Waals surface area contributed by atoms with E-state index >= 15 is 0 Å². The zero-order valence-corrected chi connectivity index (χ0v) is 12.7. The van der Waals surface area contributed by atoms with Crippen LogP contribution < -0.4 is 10.1 Å². The predicted molar refractivity (Wildman–Crippen MR) is 79.5 cm³/mol. The van der Waals surface area contributed by atoms with Gasteiger partial charge in [-0.05, 0) is 12.0 Å². The summed E-state index contributed by atoms with van der Waals surface area (Å²) in [6.45, 7) is 8.10. The summed E-state index contributed by atoms with van der Waals surface area (Å²) in [5.74, 6) is 1.01. The lowest BCUT2D eigenvalue weighted by molar-refractivity contribution is 0.108. The van der Waals surface area contributed by atoms with Gasteiger partial charge in [-0.25, -0.2) is 4.39 Å². The van der Waals surface area contributed by atoms with Gasteiger partial charge >= 0.3 is 0 Å². The average Bonchev–Trinajstić information content (AvgIpc) is 2.49. The average molecular weight is 280 g/mol. The van der Waals surface area contributed by atoms with Crippen LogP contribution in [0, 0.1) is 11.7 Å². The number of rotatable bonds is 5. The van der Waals surface area contributed by atoms with Gasteiger partial charge in [-0.2, -0.15) is 0 Å². The Balaban J connectivity index is 2.10. The van der Waals surface area contributed by atoms with Crippen molar-refractivity contribution in [3.63, 3.8) is 0 Å². The summed E-state index contributed by atoms with van der Waals surface area (Å²) in [7, 11) is 1.56. The lowest BCUT2D eigenvalue weighted by atomic mass is 9.95. The first kappa shape index (κ1) is 15.3. The molecule has 20 heavy (non-hydrogen) atoms. The zero-order chi connectivity index (χ0) is 14.5. The Labute approximate surface area is 121 Å². The number of methoxy groups -OCH3 is 1. The van der Waals surface area contributed by atoms with Crippen molar-refractivity contribution in [3.8, 4) is 5.75 Å². The first-order valence-electron chi connectivity index (χ1n) is 7.42. The quantitative estimate of drug-likeness (QED) is 0.897. The van der Waals surface area contributed by atoms with Gasteiger partial charge in [0.1, 0.15) is 11.6 Å². The maximum absolute atomic E-state index is 14.1. The lowest BCUT2D eigenvalue weighted by Gasteiger charge is -2.39. The number of halogens is 1. The van der Waals surface area contributed by atoms with E-state index in [1.807, 2.05) is 12.1 Å². The predicted octanol–water partition coefficient (Wildman–Crippen LogP) is 2.65. The second-order valence-electron chi connectivity index (χ2n) is 5.58. The first-order valence-corrected chi connectivity index (χ1v) is 7.42. The SMILES string of the molecule is CCC(C)C1CNCCN1Cc1ccc(OC)cc1F. The normalized spacial score (nSPS) is 21.7. The van der Waals surface area contributed by atoms with Crippen molar-refractivity contribution in [2.24, 2.45) is 5.92 Å². The van der Waals surface area contributed by atoms with Gasteiger partial charge in [-0.15, -0.1) is 0 Å². The highest BCUT2D eigenvalue weighted by Gasteiger charge is 2.26. The molecular formula is C16H25FN2O. The van der Waals surface area contributed by atoms with Gasteiger partial charge in [0.15, 0.2) is 0 Å². The molecule has 2 rings (SSSR count). The highest BCUT2D eigenvalue weighted by Crippen LogP contribution is 2.22. The van der Waals surface area contributed by atoms with Crippen molar-refractivity contribution in [3.05, 3.63) is 29.6 Å².